The molecule has 0 amide bonds. The van der Waals surface area contributed by atoms with Crippen molar-refractivity contribution >= 4 is 55.2 Å². The van der Waals surface area contributed by atoms with Gasteiger partial charge in [-0.1, -0.05) is 45.3 Å². The molecule has 1 aromatic heterocycles. The lowest BCUT2D eigenvalue weighted by molar-refractivity contribution is -0.139. The van der Waals surface area contributed by atoms with Gasteiger partial charge in [0.05, 0.1) is 39.5 Å². The van der Waals surface area contributed by atoms with Crippen molar-refractivity contribution in [3.05, 3.63) is 87.4 Å². The minimum atomic E-state index is -0.713. The lowest BCUT2D eigenvalue weighted by atomic mass is 9.96. The SMILES string of the molecule is C#CCOc1c(Br)cc(Br)cc1/C=c1\sc2n(c1=O)[C@@H](c1ccc(OCC)cc1)C(C(=O)OCC)=C(C)N=2. The second-order valence-electron chi connectivity index (χ2n) is 8.10. The molecule has 0 N–H and O–H groups in total. The van der Waals surface area contributed by atoms with E-state index in [1.807, 2.05) is 43.3 Å². The summed E-state index contributed by atoms with van der Waals surface area (Å²) in [5, 5.41) is 0. The predicted octanol–water partition coefficient (Wildman–Crippen LogP) is 4.73. The summed E-state index contributed by atoms with van der Waals surface area (Å²) in [5.74, 6) is 3.16. The van der Waals surface area contributed by atoms with E-state index in [2.05, 4.69) is 42.8 Å². The molecule has 38 heavy (non-hydrogen) atoms. The molecular weight excluding hydrogens is 636 g/mol. The Morgan fingerprint density at radius 3 is 2.58 bits per heavy atom. The number of rotatable bonds is 8. The minimum Gasteiger partial charge on any atom is -0.494 e. The molecule has 196 valence electrons. The first-order valence-corrected chi connectivity index (χ1v) is 14.2. The van der Waals surface area contributed by atoms with E-state index in [0.29, 0.717) is 48.7 Å². The molecule has 0 aliphatic carbocycles. The molecule has 1 aliphatic rings. The van der Waals surface area contributed by atoms with Gasteiger partial charge < -0.3 is 14.2 Å². The Balaban J connectivity index is 1.94. The Morgan fingerprint density at radius 1 is 1.18 bits per heavy atom. The van der Waals surface area contributed by atoms with Gasteiger partial charge in [0.25, 0.3) is 5.56 Å². The molecule has 0 saturated carbocycles. The zero-order chi connectivity index (χ0) is 27.4. The van der Waals surface area contributed by atoms with Gasteiger partial charge in [-0.15, -0.1) is 6.42 Å². The van der Waals surface area contributed by atoms with E-state index in [-0.39, 0.29) is 18.8 Å². The average Bonchev–Trinajstić information content (AvgIpc) is 3.17. The van der Waals surface area contributed by atoms with Crippen molar-refractivity contribution in [2.45, 2.75) is 26.8 Å². The Bertz CT molecular complexity index is 1630. The quantitative estimate of drug-likeness (QED) is 0.258. The second-order valence-corrected chi connectivity index (χ2v) is 10.9. The highest BCUT2D eigenvalue weighted by atomic mass is 79.9. The molecule has 1 aliphatic heterocycles. The largest absolute Gasteiger partial charge is 0.494 e. The number of nitrogens with zero attached hydrogens (tertiary/aromatic N) is 2. The monoisotopic (exact) mass is 658 g/mol. The second kappa shape index (κ2) is 12.2. The number of halogens is 2. The molecule has 4 rings (SSSR count). The number of hydrogen-bond acceptors (Lipinski definition) is 7. The third kappa shape index (κ3) is 5.65. The van der Waals surface area contributed by atoms with Crippen LogP contribution in [0.25, 0.3) is 6.08 Å². The fraction of sp³-hybridized carbons (Fsp3) is 0.250. The first-order chi connectivity index (χ1) is 18.3. The van der Waals surface area contributed by atoms with Crippen LogP contribution in [0.2, 0.25) is 0 Å². The summed E-state index contributed by atoms with van der Waals surface area (Å²) in [6.45, 7) is 6.20. The first-order valence-electron chi connectivity index (χ1n) is 11.8. The molecule has 0 fully saturated rings. The van der Waals surface area contributed by atoms with Crippen LogP contribution in [-0.4, -0.2) is 30.4 Å². The zero-order valence-corrected chi connectivity index (χ0v) is 24.9. The number of aromatic nitrogens is 1. The van der Waals surface area contributed by atoms with Crippen LogP contribution in [0.3, 0.4) is 0 Å². The molecule has 1 atom stereocenters. The summed E-state index contributed by atoms with van der Waals surface area (Å²) in [4.78, 5) is 32.1. The summed E-state index contributed by atoms with van der Waals surface area (Å²) in [6, 6.07) is 10.3. The zero-order valence-electron chi connectivity index (χ0n) is 20.9. The van der Waals surface area contributed by atoms with Gasteiger partial charge in [0.1, 0.15) is 18.1 Å². The number of benzene rings is 2. The van der Waals surface area contributed by atoms with Crippen molar-refractivity contribution in [3.8, 4) is 23.8 Å². The Kier molecular flexibility index (Phi) is 8.92. The molecule has 0 saturated heterocycles. The fourth-order valence-corrected chi connectivity index (χ4v) is 6.52. The van der Waals surface area contributed by atoms with Crippen molar-refractivity contribution < 1.29 is 19.0 Å². The molecule has 0 spiro atoms. The number of ether oxygens (including phenoxy) is 3. The molecular formula is C28H24Br2N2O5S. The normalized spacial score (nSPS) is 14.9. The summed E-state index contributed by atoms with van der Waals surface area (Å²) >= 11 is 8.24. The van der Waals surface area contributed by atoms with Crippen molar-refractivity contribution in [1.82, 2.24) is 4.57 Å². The van der Waals surface area contributed by atoms with Crippen LogP contribution >= 0.6 is 43.2 Å². The van der Waals surface area contributed by atoms with E-state index in [9.17, 15) is 9.59 Å². The number of fused-ring (bicyclic) bond motifs is 1. The van der Waals surface area contributed by atoms with Crippen molar-refractivity contribution in [1.29, 1.82) is 0 Å². The van der Waals surface area contributed by atoms with Gasteiger partial charge in [-0.3, -0.25) is 9.36 Å². The molecule has 3 aromatic rings. The van der Waals surface area contributed by atoms with E-state index in [4.69, 9.17) is 20.6 Å². The first kappa shape index (κ1) is 27.9. The van der Waals surface area contributed by atoms with Gasteiger partial charge in [-0.2, -0.15) is 0 Å². The van der Waals surface area contributed by atoms with Crippen LogP contribution in [0.15, 0.2) is 66.4 Å². The van der Waals surface area contributed by atoms with E-state index < -0.39 is 12.0 Å². The number of carbonyl (C=O) groups is 1. The number of thiazole rings is 1. The minimum absolute atomic E-state index is 0.0716. The highest BCUT2D eigenvalue weighted by Crippen LogP contribution is 2.34. The highest BCUT2D eigenvalue weighted by molar-refractivity contribution is 9.11. The van der Waals surface area contributed by atoms with E-state index >= 15 is 0 Å². The third-order valence-electron chi connectivity index (χ3n) is 5.65. The number of terminal acetylenes is 1. The third-order valence-corrected chi connectivity index (χ3v) is 7.68. The van der Waals surface area contributed by atoms with E-state index in [1.165, 1.54) is 11.3 Å². The van der Waals surface area contributed by atoms with Gasteiger partial charge in [0.2, 0.25) is 0 Å². The molecule has 2 heterocycles. The molecule has 2 aromatic carbocycles. The van der Waals surface area contributed by atoms with E-state index in [1.54, 1.807) is 24.5 Å². The Hall–Kier alpha value is -3.13. The van der Waals surface area contributed by atoms with Crippen LogP contribution in [0.5, 0.6) is 11.5 Å². The molecule has 10 heteroatoms. The lowest BCUT2D eigenvalue weighted by Crippen LogP contribution is -2.39. The molecule has 0 bridgehead atoms. The fourth-order valence-electron chi connectivity index (χ4n) is 4.11. The summed E-state index contributed by atoms with van der Waals surface area (Å²) in [7, 11) is 0. The highest BCUT2D eigenvalue weighted by Gasteiger charge is 2.33. The van der Waals surface area contributed by atoms with Crippen LogP contribution in [0.1, 0.15) is 37.9 Å². The standard InChI is InChI=1S/C28H24Br2N2O5S/c1-5-12-37-25-18(13-19(29)15-21(25)30)14-22-26(33)32-24(17-8-10-20(11-9-17)35-6-2)23(27(34)36-7-3)16(4)31-28(32)38-22/h1,8-11,13-15,24H,6-7,12H2,2-4H3/b22-14-/t24-/m0/s1. The maximum Gasteiger partial charge on any atom is 0.338 e. The predicted molar refractivity (Wildman–Crippen MR) is 154 cm³/mol. The summed E-state index contributed by atoms with van der Waals surface area (Å²) in [6.07, 6.45) is 7.13. The lowest BCUT2D eigenvalue weighted by Gasteiger charge is -2.24. The summed E-state index contributed by atoms with van der Waals surface area (Å²) in [5.41, 5.74) is 1.92. The van der Waals surface area contributed by atoms with E-state index in [0.717, 1.165) is 10.0 Å². The number of esters is 1. The Morgan fingerprint density at radius 2 is 1.92 bits per heavy atom. The summed E-state index contributed by atoms with van der Waals surface area (Å²) < 4.78 is 20.1. The van der Waals surface area contributed by atoms with Crippen LogP contribution < -0.4 is 24.4 Å². The average molecular weight is 660 g/mol. The molecule has 7 nitrogen and oxygen atoms in total. The van der Waals surface area contributed by atoms with Gasteiger partial charge in [-0.05, 0) is 72.6 Å². The van der Waals surface area contributed by atoms with Gasteiger partial charge >= 0.3 is 5.97 Å². The maximum atomic E-state index is 13.9. The van der Waals surface area contributed by atoms with Crippen molar-refractivity contribution in [2.75, 3.05) is 19.8 Å². The Labute approximate surface area is 240 Å². The smallest absolute Gasteiger partial charge is 0.338 e. The number of carbonyl (C=O) groups excluding carboxylic acids is 1. The van der Waals surface area contributed by atoms with Gasteiger partial charge in [0.15, 0.2) is 4.80 Å². The van der Waals surface area contributed by atoms with Crippen LogP contribution in [0.4, 0.5) is 0 Å². The number of hydrogen-bond donors (Lipinski definition) is 0. The van der Waals surface area contributed by atoms with Gasteiger partial charge in [-0.25, -0.2) is 9.79 Å². The molecule has 0 radical (unpaired) electrons. The molecule has 0 unspecified atom stereocenters. The maximum absolute atomic E-state index is 13.9. The van der Waals surface area contributed by atoms with Gasteiger partial charge in [0, 0.05) is 10.0 Å². The topological polar surface area (TPSA) is 79.1 Å². The van der Waals surface area contributed by atoms with Crippen LogP contribution in [-0.2, 0) is 9.53 Å². The number of allylic oxidation sites excluding steroid dienone is 1. The van der Waals surface area contributed by atoms with Crippen LogP contribution in [0, 0.1) is 12.3 Å². The van der Waals surface area contributed by atoms with Crippen molar-refractivity contribution in [3.63, 3.8) is 0 Å². The van der Waals surface area contributed by atoms with Crippen molar-refractivity contribution in [2.24, 2.45) is 4.99 Å².